The van der Waals surface area contributed by atoms with Crippen molar-refractivity contribution in [3.63, 3.8) is 0 Å². The first kappa shape index (κ1) is 11.4. The van der Waals surface area contributed by atoms with Crippen LogP contribution in [0.3, 0.4) is 0 Å². The molecule has 0 heterocycles. The number of benzene rings is 2. The number of carbonyl (C=O) groups is 1. The van der Waals surface area contributed by atoms with Crippen LogP contribution in [0.4, 0.5) is 0 Å². The summed E-state index contributed by atoms with van der Waals surface area (Å²) in [6, 6.07) is 17.1. The molecule has 2 heteroatoms. The molecule has 0 fully saturated rings. The van der Waals surface area contributed by atoms with E-state index < -0.39 is 0 Å². The summed E-state index contributed by atoms with van der Waals surface area (Å²) in [5, 5.41) is 0. The maximum atomic E-state index is 10.5. The highest BCUT2D eigenvalue weighted by Gasteiger charge is 2.06. The number of carbonyl (C=O) groups excluding carboxylic acids is 1. The van der Waals surface area contributed by atoms with Crippen molar-refractivity contribution in [3.05, 3.63) is 65.7 Å². The van der Waals surface area contributed by atoms with Gasteiger partial charge < -0.3 is 4.74 Å². The van der Waals surface area contributed by atoms with E-state index in [0.717, 1.165) is 17.6 Å². The summed E-state index contributed by atoms with van der Waals surface area (Å²) in [6.45, 7) is 2.00. The zero-order valence-corrected chi connectivity index (χ0v) is 9.67. The summed E-state index contributed by atoms with van der Waals surface area (Å²) in [5.41, 5.74) is 1.79. The van der Waals surface area contributed by atoms with Gasteiger partial charge in [-0.15, -0.1) is 0 Å². The smallest absolute Gasteiger partial charge is 0.150 e. The van der Waals surface area contributed by atoms with Gasteiger partial charge in [0.2, 0.25) is 0 Å². The lowest BCUT2D eigenvalue weighted by atomic mass is 10.1. The van der Waals surface area contributed by atoms with Crippen LogP contribution in [0.1, 0.15) is 28.9 Å². The Morgan fingerprint density at radius 2 is 1.65 bits per heavy atom. The van der Waals surface area contributed by atoms with Gasteiger partial charge in [0.15, 0.2) is 0 Å². The molecular weight excluding hydrogens is 212 g/mol. The zero-order valence-electron chi connectivity index (χ0n) is 9.67. The third kappa shape index (κ3) is 2.94. The molecule has 86 valence electrons. The Bertz CT molecular complexity index is 474. The first-order chi connectivity index (χ1) is 8.29. The average Bonchev–Trinajstić information content (AvgIpc) is 2.40. The Hall–Kier alpha value is -2.09. The lowest BCUT2D eigenvalue weighted by molar-refractivity contribution is 0.112. The van der Waals surface area contributed by atoms with Gasteiger partial charge in [-0.1, -0.05) is 30.3 Å². The van der Waals surface area contributed by atoms with Gasteiger partial charge in [-0.2, -0.15) is 0 Å². The fourth-order valence-corrected chi connectivity index (χ4v) is 1.62. The summed E-state index contributed by atoms with van der Waals surface area (Å²) in [4.78, 5) is 10.5. The molecule has 0 saturated heterocycles. The lowest BCUT2D eigenvalue weighted by Gasteiger charge is -2.14. The maximum Gasteiger partial charge on any atom is 0.150 e. The largest absolute Gasteiger partial charge is 0.486 e. The molecule has 17 heavy (non-hydrogen) atoms. The first-order valence-corrected chi connectivity index (χ1v) is 5.56. The highest BCUT2D eigenvalue weighted by Crippen LogP contribution is 2.21. The summed E-state index contributed by atoms with van der Waals surface area (Å²) in [5.74, 6) is 0.770. The van der Waals surface area contributed by atoms with Crippen molar-refractivity contribution in [3.8, 4) is 5.75 Å². The standard InChI is InChI=1S/C15H14O2/c1-12(14-5-3-2-4-6-14)17-15-9-7-13(11-16)8-10-15/h2-12H,1H3. The SMILES string of the molecule is CC(Oc1ccc(C=O)cc1)c1ccccc1. The van der Waals surface area contributed by atoms with E-state index in [1.165, 1.54) is 0 Å². The van der Waals surface area contributed by atoms with E-state index in [4.69, 9.17) is 4.74 Å². The van der Waals surface area contributed by atoms with Gasteiger partial charge in [0.25, 0.3) is 0 Å². The quantitative estimate of drug-likeness (QED) is 0.744. The predicted molar refractivity (Wildman–Crippen MR) is 67.3 cm³/mol. The summed E-state index contributed by atoms with van der Waals surface area (Å²) < 4.78 is 5.78. The van der Waals surface area contributed by atoms with Crippen LogP contribution in [0.15, 0.2) is 54.6 Å². The maximum absolute atomic E-state index is 10.5. The lowest BCUT2D eigenvalue weighted by Crippen LogP contribution is -2.02. The molecule has 0 N–H and O–H groups in total. The average molecular weight is 226 g/mol. The second-order valence-electron chi connectivity index (χ2n) is 3.86. The van der Waals surface area contributed by atoms with Crippen LogP contribution in [0, 0.1) is 0 Å². The topological polar surface area (TPSA) is 26.3 Å². The Kier molecular flexibility index (Phi) is 3.55. The van der Waals surface area contributed by atoms with Gasteiger partial charge >= 0.3 is 0 Å². The van der Waals surface area contributed by atoms with Gasteiger partial charge in [0, 0.05) is 5.56 Å². The zero-order chi connectivity index (χ0) is 12.1. The molecule has 0 bridgehead atoms. The van der Waals surface area contributed by atoms with Crippen LogP contribution in [0.2, 0.25) is 0 Å². The molecule has 2 aromatic carbocycles. The molecule has 0 aliphatic heterocycles. The van der Waals surface area contributed by atoms with Crippen molar-refractivity contribution in [1.29, 1.82) is 0 Å². The third-order valence-electron chi connectivity index (χ3n) is 2.60. The van der Waals surface area contributed by atoms with E-state index in [0.29, 0.717) is 5.56 Å². The molecule has 0 saturated carbocycles. The van der Waals surface area contributed by atoms with Crippen molar-refractivity contribution >= 4 is 6.29 Å². The minimum absolute atomic E-state index is 0.00159. The minimum Gasteiger partial charge on any atom is -0.486 e. The Morgan fingerprint density at radius 1 is 1.00 bits per heavy atom. The number of ether oxygens (including phenoxy) is 1. The van der Waals surface area contributed by atoms with Crippen LogP contribution in [0.5, 0.6) is 5.75 Å². The molecule has 0 spiro atoms. The molecule has 0 aliphatic carbocycles. The van der Waals surface area contributed by atoms with E-state index in [-0.39, 0.29) is 6.10 Å². The molecule has 0 amide bonds. The Balaban J connectivity index is 2.07. The van der Waals surface area contributed by atoms with Gasteiger partial charge in [-0.3, -0.25) is 4.79 Å². The molecule has 2 aromatic rings. The fraction of sp³-hybridized carbons (Fsp3) is 0.133. The molecule has 2 rings (SSSR count). The van der Waals surface area contributed by atoms with Gasteiger partial charge in [-0.25, -0.2) is 0 Å². The summed E-state index contributed by atoms with van der Waals surface area (Å²) >= 11 is 0. The highest BCUT2D eigenvalue weighted by atomic mass is 16.5. The van der Waals surface area contributed by atoms with Crippen molar-refractivity contribution < 1.29 is 9.53 Å². The number of aldehydes is 1. The fourth-order valence-electron chi connectivity index (χ4n) is 1.62. The molecule has 2 nitrogen and oxygen atoms in total. The van der Waals surface area contributed by atoms with Crippen LogP contribution in [-0.2, 0) is 0 Å². The first-order valence-electron chi connectivity index (χ1n) is 5.56. The molecule has 1 unspecified atom stereocenters. The van der Waals surface area contributed by atoms with E-state index in [1.807, 2.05) is 49.4 Å². The van der Waals surface area contributed by atoms with E-state index >= 15 is 0 Å². The summed E-state index contributed by atoms with van der Waals surface area (Å²) in [7, 11) is 0. The molecule has 0 aromatic heterocycles. The van der Waals surface area contributed by atoms with Crippen LogP contribution in [-0.4, -0.2) is 6.29 Å². The number of hydrogen-bond acceptors (Lipinski definition) is 2. The van der Waals surface area contributed by atoms with Gasteiger partial charge in [-0.05, 0) is 36.8 Å². The van der Waals surface area contributed by atoms with Crippen LogP contribution in [0.25, 0.3) is 0 Å². The van der Waals surface area contributed by atoms with Gasteiger partial charge in [0.1, 0.15) is 18.1 Å². The summed E-state index contributed by atoms with van der Waals surface area (Å²) in [6.07, 6.45) is 0.822. The van der Waals surface area contributed by atoms with Crippen molar-refractivity contribution in [2.45, 2.75) is 13.0 Å². The normalized spacial score (nSPS) is 11.8. The Morgan fingerprint density at radius 3 is 2.24 bits per heavy atom. The van der Waals surface area contributed by atoms with E-state index in [2.05, 4.69) is 0 Å². The predicted octanol–water partition coefficient (Wildman–Crippen LogP) is 3.64. The van der Waals surface area contributed by atoms with Crippen molar-refractivity contribution in [2.75, 3.05) is 0 Å². The Labute approximate surface area is 101 Å². The number of rotatable bonds is 4. The van der Waals surface area contributed by atoms with Crippen molar-refractivity contribution in [1.82, 2.24) is 0 Å². The number of hydrogen-bond donors (Lipinski definition) is 0. The second kappa shape index (κ2) is 5.30. The van der Waals surface area contributed by atoms with Crippen LogP contribution < -0.4 is 4.74 Å². The highest BCUT2D eigenvalue weighted by molar-refractivity contribution is 5.74. The molecular formula is C15H14O2. The van der Waals surface area contributed by atoms with E-state index in [1.54, 1.807) is 12.1 Å². The second-order valence-corrected chi connectivity index (χ2v) is 3.86. The monoisotopic (exact) mass is 226 g/mol. The minimum atomic E-state index is -0.00159. The van der Waals surface area contributed by atoms with Gasteiger partial charge in [0.05, 0.1) is 0 Å². The molecule has 0 aliphatic rings. The van der Waals surface area contributed by atoms with E-state index in [9.17, 15) is 4.79 Å². The van der Waals surface area contributed by atoms with Crippen molar-refractivity contribution in [2.24, 2.45) is 0 Å². The van der Waals surface area contributed by atoms with Crippen LogP contribution >= 0.6 is 0 Å². The third-order valence-corrected chi connectivity index (χ3v) is 2.60. The molecule has 0 radical (unpaired) electrons. The molecule has 1 atom stereocenters.